The number of aryl methyl sites for hydroxylation is 2. The fourth-order valence-corrected chi connectivity index (χ4v) is 2.98. The third-order valence-electron chi connectivity index (χ3n) is 4.41. The van der Waals surface area contributed by atoms with Crippen LogP contribution in [0.2, 0.25) is 0 Å². The maximum Gasteiger partial charge on any atom is 0.270 e. The minimum Gasteiger partial charge on any atom is -0.357 e. The molecule has 124 valence electrons. The number of fused-ring (bicyclic) bond motifs is 3. The molecule has 0 aliphatic rings. The summed E-state index contributed by atoms with van der Waals surface area (Å²) < 4.78 is 0. The second-order valence-corrected chi connectivity index (χ2v) is 6.42. The molecule has 4 rings (SSSR count). The van der Waals surface area contributed by atoms with Crippen LogP contribution >= 0.6 is 0 Å². The molecule has 4 nitrogen and oxygen atoms in total. The lowest BCUT2D eigenvalue weighted by molar-refractivity contribution is 0.0947. The number of H-pyrrole nitrogens is 1. The summed E-state index contributed by atoms with van der Waals surface area (Å²) in [5, 5.41) is 5.00. The van der Waals surface area contributed by atoms with Gasteiger partial charge in [0.2, 0.25) is 0 Å². The predicted octanol–water partition coefficient (Wildman–Crippen LogP) is 4.26. The Morgan fingerprint density at radius 2 is 1.72 bits per heavy atom. The van der Waals surface area contributed by atoms with Crippen LogP contribution in [0.3, 0.4) is 0 Å². The first-order valence-electron chi connectivity index (χ1n) is 8.33. The van der Waals surface area contributed by atoms with Crippen molar-refractivity contribution in [2.75, 3.05) is 0 Å². The molecule has 4 heteroatoms. The fourth-order valence-electron chi connectivity index (χ4n) is 2.98. The van der Waals surface area contributed by atoms with Crippen LogP contribution in [-0.4, -0.2) is 15.9 Å². The van der Waals surface area contributed by atoms with Gasteiger partial charge >= 0.3 is 0 Å². The summed E-state index contributed by atoms with van der Waals surface area (Å²) in [6, 6.07) is 18.1. The van der Waals surface area contributed by atoms with E-state index in [1.807, 2.05) is 62.4 Å². The van der Waals surface area contributed by atoms with Gasteiger partial charge in [-0.05, 0) is 31.5 Å². The summed E-state index contributed by atoms with van der Waals surface area (Å²) >= 11 is 0. The van der Waals surface area contributed by atoms with E-state index >= 15 is 0 Å². The van der Waals surface area contributed by atoms with Crippen LogP contribution in [0.5, 0.6) is 0 Å². The minimum atomic E-state index is -0.155. The molecule has 0 saturated heterocycles. The largest absolute Gasteiger partial charge is 0.357 e. The number of nitrogens with one attached hydrogen (secondary N) is 2. The quantitative estimate of drug-likeness (QED) is 0.590. The zero-order valence-electron chi connectivity index (χ0n) is 14.3. The van der Waals surface area contributed by atoms with Crippen molar-refractivity contribution in [3.8, 4) is 0 Å². The summed E-state index contributed by atoms with van der Waals surface area (Å²) in [7, 11) is 0. The van der Waals surface area contributed by atoms with Crippen molar-refractivity contribution in [2.45, 2.75) is 20.4 Å². The molecule has 0 fully saturated rings. The van der Waals surface area contributed by atoms with Crippen LogP contribution in [0.15, 0.2) is 54.6 Å². The summed E-state index contributed by atoms with van der Waals surface area (Å²) in [5.41, 5.74) is 5.59. The summed E-state index contributed by atoms with van der Waals surface area (Å²) in [6.07, 6.45) is 0. The van der Waals surface area contributed by atoms with Crippen molar-refractivity contribution in [3.63, 3.8) is 0 Å². The number of hydrogen-bond donors (Lipinski definition) is 2. The first-order chi connectivity index (χ1) is 12.1. The number of hydrogen-bond acceptors (Lipinski definition) is 2. The number of benzene rings is 2. The highest BCUT2D eigenvalue weighted by molar-refractivity contribution is 6.07. The van der Waals surface area contributed by atoms with Crippen LogP contribution in [0.1, 0.15) is 27.3 Å². The number of aromatic nitrogens is 2. The molecular formula is C21H19N3O. The maximum absolute atomic E-state index is 12.5. The molecule has 0 bridgehead atoms. The number of pyridine rings is 1. The number of carbonyl (C=O) groups is 1. The smallest absolute Gasteiger partial charge is 0.270 e. The van der Waals surface area contributed by atoms with Gasteiger partial charge in [-0.1, -0.05) is 48.0 Å². The van der Waals surface area contributed by atoms with Gasteiger partial charge in [0.1, 0.15) is 5.69 Å². The van der Waals surface area contributed by atoms with E-state index in [-0.39, 0.29) is 5.91 Å². The molecule has 0 saturated carbocycles. The fraction of sp³-hybridized carbons (Fsp3) is 0.143. The van der Waals surface area contributed by atoms with Gasteiger partial charge in [-0.15, -0.1) is 0 Å². The molecule has 4 aromatic rings. The second-order valence-electron chi connectivity index (χ2n) is 6.42. The third-order valence-corrected chi connectivity index (χ3v) is 4.41. The Labute approximate surface area is 145 Å². The van der Waals surface area contributed by atoms with E-state index < -0.39 is 0 Å². The maximum atomic E-state index is 12.5. The van der Waals surface area contributed by atoms with Gasteiger partial charge in [0.05, 0.1) is 11.0 Å². The van der Waals surface area contributed by atoms with Crippen molar-refractivity contribution in [2.24, 2.45) is 0 Å². The first kappa shape index (κ1) is 15.4. The van der Waals surface area contributed by atoms with E-state index in [2.05, 4.69) is 21.4 Å². The first-order valence-corrected chi connectivity index (χ1v) is 8.33. The van der Waals surface area contributed by atoms with Crippen molar-refractivity contribution >= 4 is 27.7 Å². The Hall–Kier alpha value is -3.14. The lowest BCUT2D eigenvalue weighted by Gasteiger charge is -2.04. The van der Waals surface area contributed by atoms with Crippen LogP contribution in [0.25, 0.3) is 21.8 Å². The van der Waals surface area contributed by atoms with Crippen LogP contribution in [0.4, 0.5) is 0 Å². The van der Waals surface area contributed by atoms with E-state index in [0.29, 0.717) is 12.2 Å². The van der Waals surface area contributed by atoms with E-state index in [4.69, 9.17) is 0 Å². The molecule has 2 N–H and O–H groups in total. The zero-order valence-corrected chi connectivity index (χ0v) is 14.3. The van der Waals surface area contributed by atoms with Gasteiger partial charge in [-0.25, -0.2) is 4.98 Å². The zero-order chi connectivity index (χ0) is 17.4. The molecule has 0 atom stereocenters. The average molecular weight is 329 g/mol. The van der Waals surface area contributed by atoms with Gasteiger partial charge in [0.15, 0.2) is 0 Å². The number of nitrogens with zero attached hydrogens (tertiary/aromatic N) is 1. The van der Waals surface area contributed by atoms with Crippen LogP contribution in [0, 0.1) is 13.8 Å². The summed E-state index contributed by atoms with van der Waals surface area (Å²) in [4.78, 5) is 20.4. The van der Waals surface area contributed by atoms with E-state index in [1.165, 1.54) is 5.56 Å². The molecular weight excluding hydrogens is 310 g/mol. The van der Waals surface area contributed by atoms with Crippen LogP contribution < -0.4 is 5.32 Å². The Bertz CT molecular complexity index is 1080. The third kappa shape index (κ3) is 2.98. The second kappa shape index (κ2) is 6.06. The van der Waals surface area contributed by atoms with E-state index in [1.54, 1.807) is 0 Å². The van der Waals surface area contributed by atoms with Gasteiger partial charge in [-0.3, -0.25) is 4.79 Å². The van der Waals surface area contributed by atoms with Crippen molar-refractivity contribution in [1.29, 1.82) is 0 Å². The Kier molecular flexibility index (Phi) is 3.73. The minimum absolute atomic E-state index is 0.155. The standard InChI is InChI=1S/C21H19N3O/c1-13-3-6-15(7-4-13)12-22-21(25)18-11-17-10-9-16-8-5-14(2)23-19(16)20(17)24-18/h3-11,23H,12H2,1-2H3,(H,22,25). The predicted molar refractivity (Wildman–Crippen MR) is 101 cm³/mol. The van der Waals surface area contributed by atoms with Gasteiger partial charge in [-0.2, -0.15) is 0 Å². The highest BCUT2D eigenvalue weighted by Gasteiger charge is 2.13. The SMILES string of the molecule is Cc1ccc(CNC(=O)c2cc3ccc4ccc(C)[nH]c4c3n2)cc1. The molecule has 2 aromatic carbocycles. The lowest BCUT2D eigenvalue weighted by atomic mass is 10.1. The van der Waals surface area contributed by atoms with Crippen LogP contribution in [-0.2, 0) is 6.54 Å². The summed E-state index contributed by atoms with van der Waals surface area (Å²) in [6.45, 7) is 4.55. The molecule has 0 radical (unpaired) electrons. The number of aromatic amines is 1. The van der Waals surface area contributed by atoms with Crippen molar-refractivity contribution in [1.82, 2.24) is 15.3 Å². The molecule has 2 aromatic heterocycles. The molecule has 0 aliphatic carbocycles. The van der Waals surface area contributed by atoms with Crippen molar-refractivity contribution < 1.29 is 4.79 Å². The van der Waals surface area contributed by atoms with Gasteiger partial charge in [0, 0.05) is 23.0 Å². The topological polar surface area (TPSA) is 57.8 Å². The number of rotatable bonds is 3. The number of amides is 1. The highest BCUT2D eigenvalue weighted by Crippen LogP contribution is 2.24. The summed E-state index contributed by atoms with van der Waals surface area (Å²) in [5.74, 6) is -0.155. The highest BCUT2D eigenvalue weighted by atomic mass is 16.1. The molecule has 2 heterocycles. The van der Waals surface area contributed by atoms with Crippen molar-refractivity contribution in [3.05, 3.63) is 77.1 Å². The van der Waals surface area contributed by atoms with E-state index in [9.17, 15) is 4.79 Å². The lowest BCUT2D eigenvalue weighted by Crippen LogP contribution is -2.23. The monoisotopic (exact) mass is 329 g/mol. The van der Waals surface area contributed by atoms with Gasteiger partial charge < -0.3 is 10.3 Å². The average Bonchev–Trinajstić information content (AvgIpc) is 3.06. The Morgan fingerprint density at radius 1 is 1.00 bits per heavy atom. The number of carbonyl (C=O) groups excluding carboxylic acids is 1. The van der Waals surface area contributed by atoms with E-state index in [0.717, 1.165) is 33.1 Å². The Balaban J connectivity index is 1.62. The normalized spacial score (nSPS) is 11.1. The molecule has 0 spiro atoms. The Morgan fingerprint density at radius 3 is 2.52 bits per heavy atom. The molecule has 25 heavy (non-hydrogen) atoms. The molecule has 0 unspecified atom stereocenters. The molecule has 0 aliphatic heterocycles. The molecule has 1 amide bonds. The van der Waals surface area contributed by atoms with Gasteiger partial charge in [0.25, 0.3) is 5.91 Å².